The molecular formula is C21H42F4NOP. The number of nitrogens with two attached hydrogens (primary N) is 1. The van der Waals surface area contributed by atoms with E-state index < -0.39 is 28.0 Å². The van der Waals surface area contributed by atoms with Crippen molar-refractivity contribution in [2.24, 2.45) is 27.9 Å². The molecule has 7 heteroatoms. The normalized spacial score (nSPS) is 20.5. The second-order valence-corrected chi connectivity index (χ2v) is 12.2. The first-order chi connectivity index (χ1) is 11.8. The lowest BCUT2D eigenvalue weighted by Crippen LogP contribution is -2.69. The number of hydrogen-bond donors (Lipinski definition) is 1. The molecule has 2 nitrogen and oxygen atoms in total. The van der Waals surface area contributed by atoms with Crippen molar-refractivity contribution in [3.05, 3.63) is 0 Å². The average molecular weight is 432 g/mol. The molecule has 0 bridgehead atoms. The Morgan fingerprint density at radius 2 is 1.25 bits per heavy atom. The first-order valence-electron chi connectivity index (χ1n) is 9.81. The molecule has 0 aromatic rings. The molecule has 0 aromatic carbocycles. The quantitative estimate of drug-likeness (QED) is 0.342. The van der Waals surface area contributed by atoms with E-state index in [2.05, 4.69) is 0 Å². The zero-order valence-electron chi connectivity index (χ0n) is 19.6. The van der Waals surface area contributed by atoms with Gasteiger partial charge in [-0.3, -0.25) is 0 Å². The Morgan fingerprint density at radius 1 is 0.857 bits per heavy atom. The molecule has 0 rings (SSSR count). The van der Waals surface area contributed by atoms with E-state index in [0.29, 0.717) is 13.0 Å². The van der Waals surface area contributed by atoms with Gasteiger partial charge < -0.3 is 10.5 Å². The van der Waals surface area contributed by atoms with Crippen LogP contribution in [0.1, 0.15) is 82.6 Å². The fraction of sp³-hybridized carbons (Fsp3) is 1.00. The third kappa shape index (κ3) is 5.60. The number of rotatable bonds is 8. The maximum atomic E-state index is 15.8. The minimum atomic E-state index is -4.73. The second kappa shape index (κ2) is 7.96. The van der Waals surface area contributed by atoms with Gasteiger partial charge in [0.25, 0.3) is 0 Å². The minimum Gasteiger partial charge on any atom is -0.376 e. The summed E-state index contributed by atoms with van der Waals surface area (Å²) in [5.41, 5.74) is 0.461. The summed E-state index contributed by atoms with van der Waals surface area (Å²) in [7, 11) is 1.78. The predicted molar refractivity (Wildman–Crippen MR) is 113 cm³/mol. The van der Waals surface area contributed by atoms with Gasteiger partial charge >= 0.3 is 6.18 Å². The average Bonchev–Trinajstić information content (AvgIpc) is 2.40. The van der Waals surface area contributed by atoms with Crippen LogP contribution in [-0.2, 0) is 4.74 Å². The van der Waals surface area contributed by atoms with Crippen LogP contribution < -0.4 is 5.73 Å². The van der Waals surface area contributed by atoms with E-state index in [1.54, 1.807) is 23.1 Å². The van der Waals surface area contributed by atoms with Crippen LogP contribution in [0.15, 0.2) is 0 Å². The summed E-state index contributed by atoms with van der Waals surface area (Å²) in [6.45, 7) is 19.1. The third-order valence-electron chi connectivity index (χ3n) is 6.78. The van der Waals surface area contributed by atoms with E-state index >= 15 is 4.39 Å². The smallest absolute Gasteiger partial charge is 0.376 e. The van der Waals surface area contributed by atoms with Gasteiger partial charge in [0.1, 0.15) is 0 Å². The number of hydrogen-bond acceptors (Lipinski definition) is 2. The topological polar surface area (TPSA) is 35.2 Å². The molecule has 4 atom stereocenters. The standard InChI is InChI=1S/C21H42F4NOP/c1-14(12-27-15(2,3)4)16(5,6)13-17(7,8)19(11,26)20(22,28)18(9,10)21(23,24)25/h14H,12-13,26,28H2,1-11H3. The molecule has 0 aromatic heterocycles. The molecule has 0 fully saturated rings. The van der Waals surface area contributed by atoms with E-state index in [1.807, 2.05) is 41.5 Å². The van der Waals surface area contributed by atoms with Crippen molar-refractivity contribution in [3.8, 4) is 0 Å². The summed E-state index contributed by atoms with van der Waals surface area (Å²) in [6, 6.07) is 0. The lowest BCUT2D eigenvalue weighted by atomic mass is 9.57. The van der Waals surface area contributed by atoms with Crippen molar-refractivity contribution in [1.29, 1.82) is 0 Å². The third-order valence-corrected chi connectivity index (χ3v) is 8.10. The zero-order valence-corrected chi connectivity index (χ0v) is 20.7. The Kier molecular flexibility index (Phi) is 7.98. The highest BCUT2D eigenvalue weighted by molar-refractivity contribution is 7.19. The molecule has 170 valence electrons. The van der Waals surface area contributed by atoms with Gasteiger partial charge in [-0.25, -0.2) is 4.39 Å². The van der Waals surface area contributed by atoms with Gasteiger partial charge in [0.15, 0.2) is 5.41 Å². The molecule has 0 heterocycles. The lowest BCUT2D eigenvalue weighted by molar-refractivity contribution is -0.252. The molecule has 0 amide bonds. The molecule has 0 spiro atoms. The Hall–Kier alpha value is 0.0700. The SMILES string of the molecule is CC(COC(C)(C)C)C(C)(C)CC(C)(C)C(C)(N)C(F)(P)C(C)(C)C(F)(F)F. The molecule has 4 unspecified atom stereocenters. The van der Waals surface area contributed by atoms with Crippen molar-refractivity contribution in [2.45, 2.75) is 105 Å². The zero-order chi connectivity index (χ0) is 23.2. The highest BCUT2D eigenvalue weighted by Crippen LogP contribution is 2.60. The molecule has 0 aliphatic rings. The van der Waals surface area contributed by atoms with E-state index in [4.69, 9.17) is 10.5 Å². The van der Waals surface area contributed by atoms with Crippen LogP contribution in [0.4, 0.5) is 17.6 Å². The fourth-order valence-electron chi connectivity index (χ4n) is 3.45. The van der Waals surface area contributed by atoms with Gasteiger partial charge in [0, 0.05) is 0 Å². The van der Waals surface area contributed by atoms with Crippen LogP contribution in [0.2, 0.25) is 0 Å². The number of ether oxygens (including phenoxy) is 1. The fourth-order valence-corrected chi connectivity index (χ4v) is 4.00. The monoisotopic (exact) mass is 431 g/mol. The van der Waals surface area contributed by atoms with Gasteiger partial charge in [-0.15, -0.1) is 0 Å². The highest BCUT2D eigenvalue weighted by Gasteiger charge is 2.68. The summed E-state index contributed by atoms with van der Waals surface area (Å²) in [4.78, 5) is 0. The van der Waals surface area contributed by atoms with Gasteiger partial charge in [-0.2, -0.15) is 13.2 Å². The molecule has 0 aliphatic heterocycles. The maximum Gasteiger partial charge on any atom is 0.397 e. The predicted octanol–water partition coefficient (Wildman–Crippen LogP) is 6.73. The van der Waals surface area contributed by atoms with E-state index in [0.717, 1.165) is 13.8 Å². The molecule has 0 saturated carbocycles. The number of alkyl halides is 4. The van der Waals surface area contributed by atoms with Gasteiger partial charge in [-0.05, 0) is 64.7 Å². The summed E-state index contributed by atoms with van der Waals surface area (Å²) >= 11 is 0. The highest BCUT2D eigenvalue weighted by atomic mass is 31.0. The van der Waals surface area contributed by atoms with Crippen molar-refractivity contribution < 1.29 is 22.3 Å². The summed E-state index contributed by atoms with van der Waals surface area (Å²) < 4.78 is 62.5. The molecule has 28 heavy (non-hydrogen) atoms. The van der Waals surface area contributed by atoms with E-state index in [1.165, 1.54) is 6.92 Å². The Balaban J connectivity index is 5.78. The number of halogens is 4. The van der Waals surface area contributed by atoms with E-state index in [9.17, 15) is 13.2 Å². The Morgan fingerprint density at radius 3 is 1.57 bits per heavy atom. The minimum absolute atomic E-state index is 0.107. The van der Waals surface area contributed by atoms with Gasteiger partial charge in [-0.1, -0.05) is 43.9 Å². The molecule has 2 N–H and O–H groups in total. The summed E-state index contributed by atoms with van der Waals surface area (Å²) in [6.07, 6.45) is -4.29. The van der Waals surface area contributed by atoms with Crippen LogP contribution in [0.25, 0.3) is 0 Å². The van der Waals surface area contributed by atoms with Crippen LogP contribution in [0.5, 0.6) is 0 Å². The molecule has 0 radical (unpaired) electrons. The summed E-state index contributed by atoms with van der Waals surface area (Å²) in [5, 5.41) is -2.76. The largest absolute Gasteiger partial charge is 0.397 e. The molecule has 0 saturated heterocycles. The van der Waals surface area contributed by atoms with Crippen LogP contribution in [0.3, 0.4) is 0 Å². The molecule has 0 aliphatic carbocycles. The Labute approximate surface area is 171 Å². The van der Waals surface area contributed by atoms with E-state index in [-0.39, 0.29) is 16.9 Å². The van der Waals surface area contributed by atoms with Crippen LogP contribution in [-0.4, -0.2) is 29.3 Å². The van der Waals surface area contributed by atoms with Crippen LogP contribution in [0, 0.1) is 22.2 Å². The first-order valence-corrected chi connectivity index (χ1v) is 10.4. The second-order valence-electron chi connectivity index (χ2n) is 11.4. The maximum absolute atomic E-state index is 15.8. The van der Waals surface area contributed by atoms with Crippen molar-refractivity contribution in [2.75, 3.05) is 6.61 Å². The summed E-state index contributed by atoms with van der Waals surface area (Å²) in [5.74, 6) is 0.107. The van der Waals surface area contributed by atoms with Crippen molar-refractivity contribution in [3.63, 3.8) is 0 Å². The molecular weight excluding hydrogens is 389 g/mol. The van der Waals surface area contributed by atoms with Crippen molar-refractivity contribution in [1.82, 2.24) is 0 Å². The first kappa shape index (κ1) is 28.1. The lowest BCUT2D eigenvalue weighted by Gasteiger charge is -2.56. The van der Waals surface area contributed by atoms with Crippen LogP contribution >= 0.6 is 9.24 Å². The van der Waals surface area contributed by atoms with Gasteiger partial charge in [0.2, 0.25) is 0 Å². The van der Waals surface area contributed by atoms with Gasteiger partial charge in [0.05, 0.1) is 23.2 Å². The van der Waals surface area contributed by atoms with Crippen molar-refractivity contribution >= 4 is 9.24 Å². The Bertz CT molecular complexity index is 532.